The standard InChI is InChI=1S/C16H19FN8O4/c17-11-1-3-12(4-2-11)19-16(21-27)14-15(23-29-22-14)18-5-6-25-9-13(20-24-25)10-28-8-7-26/h1-4,9,26-27H,5-8,10H2,(H,18,23)(H,19,21). The van der Waals surface area contributed by atoms with Crippen molar-refractivity contribution in [3.8, 4) is 0 Å². The summed E-state index contributed by atoms with van der Waals surface area (Å²) in [6.07, 6.45) is 1.72. The van der Waals surface area contributed by atoms with E-state index in [4.69, 9.17) is 14.5 Å². The Morgan fingerprint density at radius 3 is 2.86 bits per heavy atom. The lowest BCUT2D eigenvalue weighted by molar-refractivity contribution is 0.0796. The number of nitrogens with one attached hydrogen (secondary N) is 2. The van der Waals surface area contributed by atoms with Crippen molar-refractivity contribution in [1.82, 2.24) is 25.3 Å². The number of anilines is 2. The molecule has 4 N–H and O–H groups in total. The fourth-order valence-corrected chi connectivity index (χ4v) is 2.31. The van der Waals surface area contributed by atoms with E-state index in [0.29, 0.717) is 24.5 Å². The summed E-state index contributed by atoms with van der Waals surface area (Å²) in [5, 5.41) is 42.4. The number of aliphatic hydroxyl groups is 1. The summed E-state index contributed by atoms with van der Waals surface area (Å²) in [5.74, 6) is -0.164. The Bertz CT molecular complexity index is 927. The number of amidine groups is 1. The molecule has 0 unspecified atom stereocenters. The maximum absolute atomic E-state index is 13.0. The van der Waals surface area contributed by atoms with Gasteiger partial charge < -0.3 is 25.7 Å². The van der Waals surface area contributed by atoms with Crippen molar-refractivity contribution in [3.05, 3.63) is 47.7 Å². The van der Waals surface area contributed by atoms with E-state index in [1.165, 1.54) is 24.3 Å². The van der Waals surface area contributed by atoms with Crippen LogP contribution >= 0.6 is 0 Å². The summed E-state index contributed by atoms with van der Waals surface area (Å²) in [7, 11) is 0. The highest BCUT2D eigenvalue weighted by atomic mass is 19.1. The van der Waals surface area contributed by atoms with Crippen LogP contribution in [0.5, 0.6) is 0 Å². The fraction of sp³-hybridized carbons (Fsp3) is 0.312. The Balaban J connectivity index is 1.55. The van der Waals surface area contributed by atoms with Gasteiger partial charge in [0.1, 0.15) is 11.5 Å². The third kappa shape index (κ3) is 5.70. The smallest absolute Gasteiger partial charge is 0.203 e. The second-order valence-electron chi connectivity index (χ2n) is 5.72. The van der Waals surface area contributed by atoms with Gasteiger partial charge in [-0.3, -0.25) is 4.68 Å². The zero-order valence-electron chi connectivity index (χ0n) is 15.2. The quantitative estimate of drug-likeness (QED) is 0.124. The van der Waals surface area contributed by atoms with Crippen molar-refractivity contribution in [2.24, 2.45) is 5.16 Å². The second kappa shape index (κ2) is 10.1. The molecule has 13 heteroatoms. The molecule has 0 aliphatic rings. The van der Waals surface area contributed by atoms with Crippen molar-refractivity contribution in [1.29, 1.82) is 0 Å². The number of halogens is 1. The maximum Gasteiger partial charge on any atom is 0.203 e. The Kier molecular flexibility index (Phi) is 7.02. The summed E-state index contributed by atoms with van der Waals surface area (Å²) in [6, 6.07) is 5.49. The first-order valence-corrected chi connectivity index (χ1v) is 8.58. The Morgan fingerprint density at radius 2 is 2.10 bits per heavy atom. The predicted octanol–water partition coefficient (Wildman–Crippen LogP) is 0.669. The van der Waals surface area contributed by atoms with Crippen LogP contribution in [-0.4, -0.2) is 61.2 Å². The monoisotopic (exact) mass is 406 g/mol. The Labute approximate surface area is 163 Å². The molecule has 1 aromatic carbocycles. The molecule has 0 amide bonds. The van der Waals surface area contributed by atoms with Gasteiger partial charge in [-0.1, -0.05) is 10.4 Å². The van der Waals surface area contributed by atoms with Crippen molar-refractivity contribution >= 4 is 17.3 Å². The topological polar surface area (TPSA) is 156 Å². The number of rotatable bonds is 10. The SMILES string of the molecule is OCCOCc1cn(CCNc2nonc2C(=NO)Nc2ccc(F)cc2)nn1. The minimum absolute atomic E-state index is 0.0237. The molecular weight excluding hydrogens is 387 g/mol. The summed E-state index contributed by atoms with van der Waals surface area (Å²) >= 11 is 0. The normalized spacial score (nSPS) is 11.6. The number of hydrogen-bond acceptors (Lipinski definition) is 10. The van der Waals surface area contributed by atoms with Gasteiger partial charge in [0.2, 0.25) is 11.7 Å². The average Bonchev–Trinajstić information content (AvgIpc) is 3.38. The van der Waals surface area contributed by atoms with Gasteiger partial charge in [-0.15, -0.1) is 5.10 Å². The van der Waals surface area contributed by atoms with E-state index in [1.54, 1.807) is 10.9 Å². The number of aromatic nitrogens is 5. The number of oxime groups is 1. The van der Waals surface area contributed by atoms with Gasteiger partial charge >= 0.3 is 0 Å². The van der Waals surface area contributed by atoms with E-state index < -0.39 is 0 Å². The number of ether oxygens (including phenoxy) is 1. The highest BCUT2D eigenvalue weighted by Gasteiger charge is 2.17. The number of aliphatic hydroxyl groups excluding tert-OH is 1. The van der Waals surface area contributed by atoms with Crippen LogP contribution < -0.4 is 10.6 Å². The van der Waals surface area contributed by atoms with Gasteiger partial charge in [0, 0.05) is 12.2 Å². The number of hydrogen-bond donors (Lipinski definition) is 4. The van der Waals surface area contributed by atoms with Crippen LogP contribution in [0.1, 0.15) is 11.4 Å². The summed E-state index contributed by atoms with van der Waals surface area (Å²) < 4.78 is 24.5. The van der Waals surface area contributed by atoms with E-state index in [0.717, 1.165) is 0 Å². The molecule has 0 atom stereocenters. The van der Waals surface area contributed by atoms with Crippen LogP contribution in [0, 0.1) is 5.82 Å². The van der Waals surface area contributed by atoms with Crippen LogP contribution in [0.3, 0.4) is 0 Å². The van der Waals surface area contributed by atoms with E-state index in [-0.39, 0.29) is 43.0 Å². The van der Waals surface area contributed by atoms with E-state index in [1.807, 2.05) is 0 Å². The molecule has 0 bridgehead atoms. The molecule has 0 fully saturated rings. The fourth-order valence-electron chi connectivity index (χ4n) is 2.31. The lowest BCUT2D eigenvalue weighted by atomic mass is 10.3. The molecule has 0 radical (unpaired) electrons. The third-order valence-corrected chi connectivity index (χ3v) is 3.62. The molecular formula is C16H19FN8O4. The highest BCUT2D eigenvalue weighted by Crippen LogP contribution is 2.14. The van der Waals surface area contributed by atoms with E-state index in [2.05, 4.69) is 36.4 Å². The van der Waals surface area contributed by atoms with E-state index >= 15 is 0 Å². The Hall–Kier alpha value is -3.58. The molecule has 29 heavy (non-hydrogen) atoms. The molecule has 0 saturated carbocycles. The maximum atomic E-state index is 13.0. The second-order valence-corrected chi connectivity index (χ2v) is 5.72. The molecule has 2 heterocycles. The minimum Gasteiger partial charge on any atom is -0.409 e. The van der Waals surface area contributed by atoms with Crippen LogP contribution in [0.4, 0.5) is 15.9 Å². The van der Waals surface area contributed by atoms with Gasteiger partial charge in [-0.25, -0.2) is 9.02 Å². The Morgan fingerprint density at radius 1 is 1.28 bits per heavy atom. The van der Waals surface area contributed by atoms with Crippen molar-refractivity contribution in [2.75, 3.05) is 30.4 Å². The molecule has 2 aromatic heterocycles. The first kappa shape index (κ1) is 20.2. The molecule has 0 aliphatic heterocycles. The average molecular weight is 406 g/mol. The van der Waals surface area contributed by atoms with Crippen LogP contribution in [0.25, 0.3) is 0 Å². The van der Waals surface area contributed by atoms with Gasteiger partial charge in [0.25, 0.3) is 0 Å². The van der Waals surface area contributed by atoms with Crippen molar-refractivity contribution < 1.29 is 24.1 Å². The van der Waals surface area contributed by atoms with Gasteiger partial charge in [0.05, 0.1) is 32.6 Å². The van der Waals surface area contributed by atoms with Crippen molar-refractivity contribution in [2.45, 2.75) is 13.2 Å². The van der Waals surface area contributed by atoms with Gasteiger partial charge in [-0.05, 0) is 34.6 Å². The summed E-state index contributed by atoms with van der Waals surface area (Å²) in [4.78, 5) is 0. The van der Waals surface area contributed by atoms with Crippen molar-refractivity contribution in [3.63, 3.8) is 0 Å². The lowest BCUT2D eigenvalue weighted by Gasteiger charge is -2.07. The third-order valence-electron chi connectivity index (χ3n) is 3.62. The molecule has 0 aliphatic carbocycles. The van der Waals surface area contributed by atoms with Gasteiger partial charge in [0.15, 0.2) is 5.69 Å². The zero-order valence-corrected chi connectivity index (χ0v) is 15.2. The minimum atomic E-state index is -0.389. The van der Waals surface area contributed by atoms with Crippen LogP contribution in [0.2, 0.25) is 0 Å². The molecule has 0 saturated heterocycles. The zero-order chi connectivity index (χ0) is 20.5. The lowest BCUT2D eigenvalue weighted by Crippen LogP contribution is -2.18. The summed E-state index contributed by atoms with van der Waals surface area (Å²) in [5.41, 5.74) is 1.28. The largest absolute Gasteiger partial charge is 0.409 e. The molecule has 0 spiro atoms. The number of benzene rings is 1. The number of nitrogens with zero attached hydrogens (tertiary/aromatic N) is 6. The van der Waals surface area contributed by atoms with Crippen LogP contribution in [0.15, 0.2) is 40.2 Å². The first-order valence-electron chi connectivity index (χ1n) is 8.58. The first-order chi connectivity index (χ1) is 14.2. The molecule has 154 valence electrons. The predicted molar refractivity (Wildman–Crippen MR) is 97.9 cm³/mol. The molecule has 12 nitrogen and oxygen atoms in total. The van der Waals surface area contributed by atoms with Crippen LogP contribution in [-0.2, 0) is 17.9 Å². The van der Waals surface area contributed by atoms with E-state index in [9.17, 15) is 9.60 Å². The summed E-state index contributed by atoms with van der Waals surface area (Å²) in [6.45, 7) is 1.29. The molecule has 3 aromatic rings. The highest BCUT2D eigenvalue weighted by molar-refractivity contribution is 6.09. The molecule has 3 rings (SSSR count). The van der Waals surface area contributed by atoms with Gasteiger partial charge in [-0.2, -0.15) is 0 Å².